The van der Waals surface area contributed by atoms with Gasteiger partial charge in [0.1, 0.15) is 11.5 Å². The molecule has 0 spiro atoms. The highest BCUT2D eigenvalue weighted by atomic mass is 16.5. The molecule has 0 atom stereocenters. The Morgan fingerprint density at radius 1 is 1.07 bits per heavy atom. The lowest BCUT2D eigenvalue weighted by Gasteiger charge is -2.05. The fraction of sp³-hybridized carbons (Fsp3) is 0.0833. The van der Waals surface area contributed by atoms with Gasteiger partial charge in [-0.15, -0.1) is 0 Å². The molecular formula is C12H11NO2. The SMILES string of the molecule is Cc1nc(Oc2ccccc2)ccc1O. The number of ether oxygens (including phenoxy) is 1. The van der Waals surface area contributed by atoms with Crippen LogP contribution in [0.15, 0.2) is 42.5 Å². The maximum absolute atomic E-state index is 9.29. The van der Waals surface area contributed by atoms with Gasteiger partial charge in [-0.25, -0.2) is 4.98 Å². The molecule has 0 fully saturated rings. The number of rotatable bonds is 2. The average molecular weight is 201 g/mol. The maximum atomic E-state index is 9.29. The Labute approximate surface area is 88.0 Å². The number of para-hydroxylation sites is 1. The zero-order chi connectivity index (χ0) is 10.7. The van der Waals surface area contributed by atoms with E-state index < -0.39 is 0 Å². The van der Waals surface area contributed by atoms with Gasteiger partial charge >= 0.3 is 0 Å². The molecule has 1 heterocycles. The van der Waals surface area contributed by atoms with Crippen molar-refractivity contribution < 1.29 is 9.84 Å². The molecule has 3 heteroatoms. The number of aryl methyl sites for hydroxylation is 1. The van der Waals surface area contributed by atoms with Gasteiger partial charge in [0.15, 0.2) is 0 Å². The zero-order valence-electron chi connectivity index (χ0n) is 8.34. The predicted octanol–water partition coefficient (Wildman–Crippen LogP) is 2.89. The Morgan fingerprint density at radius 3 is 2.47 bits per heavy atom. The van der Waals surface area contributed by atoms with Crippen molar-refractivity contribution in [1.82, 2.24) is 4.98 Å². The molecule has 0 unspecified atom stereocenters. The second kappa shape index (κ2) is 4.00. The Bertz CT molecular complexity index is 454. The predicted molar refractivity (Wildman–Crippen MR) is 57.2 cm³/mol. The molecule has 15 heavy (non-hydrogen) atoms. The molecule has 2 rings (SSSR count). The van der Waals surface area contributed by atoms with Gasteiger partial charge in [0.25, 0.3) is 0 Å². The molecule has 76 valence electrons. The van der Waals surface area contributed by atoms with Crippen molar-refractivity contribution in [1.29, 1.82) is 0 Å². The van der Waals surface area contributed by atoms with Crippen molar-refractivity contribution in [3.8, 4) is 17.4 Å². The molecule has 1 aromatic carbocycles. The highest BCUT2D eigenvalue weighted by molar-refractivity contribution is 5.32. The maximum Gasteiger partial charge on any atom is 0.219 e. The summed E-state index contributed by atoms with van der Waals surface area (Å²) in [5.74, 6) is 1.39. The highest BCUT2D eigenvalue weighted by Crippen LogP contribution is 2.22. The van der Waals surface area contributed by atoms with Crippen LogP contribution < -0.4 is 4.74 Å². The number of hydrogen-bond acceptors (Lipinski definition) is 3. The van der Waals surface area contributed by atoms with Crippen LogP contribution in [0.3, 0.4) is 0 Å². The van der Waals surface area contributed by atoms with Gasteiger partial charge in [-0.2, -0.15) is 0 Å². The van der Waals surface area contributed by atoms with E-state index in [1.54, 1.807) is 19.1 Å². The van der Waals surface area contributed by atoms with Gasteiger partial charge in [-0.1, -0.05) is 18.2 Å². The van der Waals surface area contributed by atoms with Crippen LogP contribution in [-0.4, -0.2) is 10.1 Å². The molecule has 0 radical (unpaired) electrons. The monoisotopic (exact) mass is 201 g/mol. The first-order valence-corrected chi connectivity index (χ1v) is 4.65. The van der Waals surface area contributed by atoms with Crippen LogP contribution in [0.25, 0.3) is 0 Å². The quantitative estimate of drug-likeness (QED) is 0.812. The first-order chi connectivity index (χ1) is 7.25. The largest absolute Gasteiger partial charge is 0.506 e. The summed E-state index contributed by atoms with van der Waals surface area (Å²) in [6.07, 6.45) is 0. The average Bonchev–Trinajstić information content (AvgIpc) is 2.25. The van der Waals surface area contributed by atoms with E-state index in [0.717, 1.165) is 5.75 Å². The van der Waals surface area contributed by atoms with Crippen LogP contribution in [0, 0.1) is 6.92 Å². The van der Waals surface area contributed by atoms with Gasteiger partial charge in [0.2, 0.25) is 5.88 Å². The van der Waals surface area contributed by atoms with Crippen molar-refractivity contribution in [3.05, 3.63) is 48.2 Å². The van der Waals surface area contributed by atoms with E-state index in [1.165, 1.54) is 0 Å². The molecule has 0 saturated carbocycles. The molecule has 1 N–H and O–H groups in total. The minimum atomic E-state index is 0.176. The lowest BCUT2D eigenvalue weighted by atomic mass is 10.3. The molecule has 2 aromatic rings. The van der Waals surface area contributed by atoms with E-state index in [-0.39, 0.29) is 5.75 Å². The van der Waals surface area contributed by atoms with Crippen LogP contribution in [0.4, 0.5) is 0 Å². The minimum Gasteiger partial charge on any atom is -0.506 e. The first kappa shape index (κ1) is 9.52. The van der Waals surface area contributed by atoms with Crippen molar-refractivity contribution in [2.24, 2.45) is 0 Å². The van der Waals surface area contributed by atoms with E-state index in [4.69, 9.17) is 4.74 Å². The Balaban J connectivity index is 2.22. The molecular weight excluding hydrogens is 190 g/mol. The summed E-state index contributed by atoms with van der Waals surface area (Å²) in [6, 6.07) is 12.6. The lowest BCUT2D eigenvalue weighted by Crippen LogP contribution is -1.89. The van der Waals surface area contributed by atoms with Gasteiger partial charge in [0, 0.05) is 6.07 Å². The smallest absolute Gasteiger partial charge is 0.219 e. The second-order valence-corrected chi connectivity index (χ2v) is 3.17. The summed E-state index contributed by atoms with van der Waals surface area (Å²) in [6.45, 7) is 1.73. The fourth-order valence-corrected chi connectivity index (χ4v) is 1.20. The van der Waals surface area contributed by atoms with Crippen molar-refractivity contribution in [2.75, 3.05) is 0 Å². The number of hydrogen-bond donors (Lipinski definition) is 1. The summed E-state index contributed by atoms with van der Waals surface area (Å²) >= 11 is 0. The van der Waals surface area contributed by atoms with Crippen LogP contribution >= 0.6 is 0 Å². The normalized spacial score (nSPS) is 9.93. The van der Waals surface area contributed by atoms with E-state index in [2.05, 4.69) is 4.98 Å². The number of aromatic nitrogens is 1. The van der Waals surface area contributed by atoms with Gasteiger partial charge in [0.05, 0.1) is 5.69 Å². The number of benzene rings is 1. The van der Waals surface area contributed by atoms with E-state index >= 15 is 0 Å². The lowest BCUT2D eigenvalue weighted by molar-refractivity contribution is 0.443. The molecule has 0 aliphatic heterocycles. The number of aromatic hydroxyl groups is 1. The summed E-state index contributed by atoms with van der Waals surface area (Å²) < 4.78 is 5.49. The van der Waals surface area contributed by atoms with Gasteiger partial charge in [-0.05, 0) is 25.1 Å². The molecule has 0 aliphatic carbocycles. The van der Waals surface area contributed by atoms with Crippen molar-refractivity contribution in [2.45, 2.75) is 6.92 Å². The molecule has 3 nitrogen and oxygen atoms in total. The fourth-order valence-electron chi connectivity index (χ4n) is 1.20. The third kappa shape index (κ3) is 2.26. The molecule has 0 amide bonds. The van der Waals surface area contributed by atoms with E-state index in [9.17, 15) is 5.11 Å². The highest BCUT2D eigenvalue weighted by Gasteiger charge is 2.01. The first-order valence-electron chi connectivity index (χ1n) is 4.65. The molecule has 1 aromatic heterocycles. The van der Waals surface area contributed by atoms with Crippen LogP contribution in [-0.2, 0) is 0 Å². The Morgan fingerprint density at radius 2 is 1.80 bits per heavy atom. The second-order valence-electron chi connectivity index (χ2n) is 3.17. The Hall–Kier alpha value is -2.03. The summed E-state index contributed by atoms with van der Waals surface area (Å²) in [7, 11) is 0. The third-order valence-electron chi connectivity index (χ3n) is 2.00. The van der Waals surface area contributed by atoms with Gasteiger partial charge in [-0.3, -0.25) is 0 Å². The van der Waals surface area contributed by atoms with Crippen LogP contribution in [0.5, 0.6) is 17.4 Å². The Kier molecular flexibility index (Phi) is 2.54. The van der Waals surface area contributed by atoms with E-state index in [0.29, 0.717) is 11.6 Å². The molecule has 0 saturated heterocycles. The third-order valence-corrected chi connectivity index (χ3v) is 2.00. The number of nitrogens with zero attached hydrogens (tertiary/aromatic N) is 1. The van der Waals surface area contributed by atoms with Gasteiger partial charge < -0.3 is 9.84 Å². The topological polar surface area (TPSA) is 42.4 Å². The minimum absolute atomic E-state index is 0.176. The van der Waals surface area contributed by atoms with Crippen molar-refractivity contribution in [3.63, 3.8) is 0 Å². The number of pyridine rings is 1. The molecule has 0 bridgehead atoms. The van der Waals surface area contributed by atoms with Crippen LogP contribution in [0.2, 0.25) is 0 Å². The summed E-state index contributed by atoms with van der Waals surface area (Å²) in [4.78, 5) is 4.10. The standard InChI is InChI=1S/C12H11NO2/c1-9-11(14)7-8-12(13-9)15-10-5-3-2-4-6-10/h2-8,14H,1H3. The van der Waals surface area contributed by atoms with Crippen LogP contribution in [0.1, 0.15) is 5.69 Å². The summed E-state index contributed by atoms with van der Waals surface area (Å²) in [5, 5.41) is 9.29. The summed E-state index contributed by atoms with van der Waals surface area (Å²) in [5.41, 5.74) is 0.559. The van der Waals surface area contributed by atoms with E-state index in [1.807, 2.05) is 30.3 Å². The van der Waals surface area contributed by atoms with Crippen molar-refractivity contribution >= 4 is 0 Å². The molecule has 0 aliphatic rings. The zero-order valence-corrected chi connectivity index (χ0v) is 8.34.